The van der Waals surface area contributed by atoms with E-state index in [1.807, 2.05) is 5.32 Å². The van der Waals surface area contributed by atoms with Crippen LogP contribution in [0.15, 0.2) is 29.2 Å². The maximum absolute atomic E-state index is 11.4. The quantitative estimate of drug-likeness (QED) is 0.811. The molecule has 0 radical (unpaired) electrons. The average Bonchev–Trinajstić information content (AvgIpc) is 2.27. The highest BCUT2D eigenvalue weighted by molar-refractivity contribution is 7.90. The number of carbonyl (C=O) groups excluding carboxylic acids is 2. The number of primary amides is 1. The molecule has 8 heteroatoms. The molecular formula is C11H14N2O5S. The zero-order chi connectivity index (χ0) is 14.6. The van der Waals surface area contributed by atoms with Crippen molar-refractivity contribution in [1.82, 2.24) is 5.32 Å². The van der Waals surface area contributed by atoms with Gasteiger partial charge in [-0.05, 0) is 31.2 Å². The van der Waals surface area contributed by atoms with Crippen LogP contribution in [0.5, 0.6) is 5.75 Å². The minimum Gasteiger partial charge on any atom is -0.481 e. The second-order valence-electron chi connectivity index (χ2n) is 3.86. The Balaban J connectivity index is 2.73. The molecular weight excluding hydrogens is 272 g/mol. The molecule has 1 unspecified atom stereocenters. The van der Waals surface area contributed by atoms with Crippen LogP contribution in [0, 0.1) is 0 Å². The van der Waals surface area contributed by atoms with Crippen molar-refractivity contribution < 1.29 is 22.7 Å². The highest BCUT2D eigenvalue weighted by Crippen LogP contribution is 2.16. The normalized spacial score (nSPS) is 12.5. The standard InChI is InChI=1S/C11H14N2O5S/c1-7(10(14)13-11(12)15)18-8-3-5-9(6-4-8)19(2,16)17/h3-7H,1-2H3,(H3,12,13,14,15). The van der Waals surface area contributed by atoms with E-state index in [0.717, 1.165) is 6.26 Å². The summed E-state index contributed by atoms with van der Waals surface area (Å²) in [7, 11) is -3.28. The van der Waals surface area contributed by atoms with E-state index in [9.17, 15) is 18.0 Å². The summed E-state index contributed by atoms with van der Waals surface area (Å²) in [5, 5.41) is 1.88. The monoisotopic (exact) mass is 286 g/mol. The summed E-state index contributed by atoms with van der Waals surface area (Å²) >= 11 is 0. The van der Waals surface area contributed by atoms with Crippen LogP contribution in [0.3, 0.4) is 0 Å². The molecule has 0 fully saturated rings. The summed E-state index contributed by atoms with van der Waals surface area (Å²) in [4.78, 5) is 22.0. The minimum atomic E-state index is -3.28. The first-order valence-electron chi connectivity index (χ1n) is 5.27. The van der Waals surface area contributed by atoms with E-state index in [4.69, 9.17) is 10.5 Å². The second kappa shape index (κ2) is 5.70. The van der Waals surface area contributed by atoms with Gasteiger partial charge in [-0.15, -0.1) is 0 Å². The predicted molar refractivity (Wildman–Crippen MR) is 67.4 cm³/mol. The number of imide groups is 1. The Morgan fingerprint density at radius 3 is 2.21 bits per heavy atom. The fourth-order valence-corrected chi connectivity index (χ4v) is 1.88. The van der Waals surface area contributed by atoms with Crippen LogP contribution in [-0.4, -0.2) is 32.7 Å². The van der Waals surface area contributed by atoms with Crippen molar-refractivity contribution in [2.24, 2.45) is 5.73 Å². The molecule has 0 aliphatic heterocycles. The topological polar surface area (TPSA) is 116 Å². The lowest BCUT2D eigenvalue weighted by atomic mass is 10.3. The van der Waals surface area contributed by atoms with Gasteiger partial charge in [-0.2, -0.15) is 0 Å². The molecule has 0 aromatic heterocycles. The Labute approximate surface area is 110 Å². The maximum Gasteiger partial charge on any atom is 0.318 e. The summed E-state index contributed by atoms with van der Waals surface area (Å²) in [6, 6.07) is 4.61. The van der Waals surface area contributed by atoms with Gasteiger partial charge < -0.3 is 10.5 Å². The number of rotatable bonds is 4. The van der Waals surface area contributed by atoms with Gasteiger partial charge in [0.25, 0.3) is 5.91 Å². The van der Waals surface area contributed by atoms with Gasteiger partial charge in [0.1, 0.15) is 5.75 Å². The summed E-state index contributed by atoms with van der Waals surface area (Å²) in [5.74, 6) is -0.376. The fraction of sp³-hybridized carbons (Fsp3) is 0.273. The van der Waals surface area contributed by atoms with E-state index in [1.165, 1.54) is 31.2 Å². The van der Waals surface area contributed by atoms with Gasteiger partial charge in [0.2, 0.25) is 0 Å². The maximum atomic E-state index is 11.4. The van der Waals surface area contributed by atoms with Crippen molar-refractivity contribution in [2.75, 3.05) is 6.26 Å². The summed E-state index contributed by atoms with van der Waals surface area (Å²) in [5.41, 5.74) is 4.80. The zero-order valence-corrected chi connectivity index (χ0v) is 11.2. The van der Waals surface area contributed by atoms with E-state index in [2.05, 4.69) is 0 Å². The zero-order valence-electron chi connectivity index (χ0n) is 10.4. The predicted octanol–water partition coefficient (Wildman–Crippen LogP) is 0.0523. The van der Waals surface area contributed by atoms with E-state index in [1.54, 1.807) is 0 Å². The SMILES string of the molecule is CC(Oc1ccc(S(C)(=O)=O)cc1)C(=O)NC(N)=O. The summed E-state index contributed by atoms with van der Waals surface area (Å²) in [6.07, 6.45) is 0.155. The summed E-state index contributed by atoms with van der Waals surface area (Å²) < 4.78 is 27.7. The number of urea groups is 1. The molecule has 1 rings (SSSR count). The van der Waals surface area contributed by atoms with Crippen LogP contribution in [0.4, 0.5) is 4.79 Å². The fourth-order valence-electron chi connectivity index (χ4n) is 1.25. The number of hydrogen-bond donors (Lipinski definition) is 2. The van der Waals surface area contributed by atoms with Crippen LogP contribution in [0.1, 0.15) is 6.92 Å². The third-order valence-electron chi connectivity index (χ3n) is 2.18. The Hall–Kier alpha value is -2.09. The molecule has 0 bridgehead atoms. The molecule has 3 N–H and O–H groups in total. The van der Waals surface area contributed by atoms with Gasteiger partial charge >= 0.3 is 6.03 Å². The largest absolute Gasteiger partial charge is 0.481 e. The van der Waals surface area contributed by atoms with Gasteiger partial charge in [0.05, 0.1) is 4.90 Å². The highest BCUT2D eigenvalue weighted by Gasteiger charge is 2.16. The first-order valence-corrected chi connectivity index (χ1v) is 7.16. The first kappa shape index (κ1) is 15.0. The molecule has 19 heavy (non-hydrogen) atoms. The Kier molecular flexibility index (Phi) is 4.49. The Morgan fingerprint density at radius 2 is 1.79 bits per heavy atom. The number of carbonyl (C=O) groups is 2. The van der Waals surface area contributed by atoms with E-state index in [0.29, 0.717) is 5.75 Å². The van der Waals surface area contributed by atoms with Gasteiger partial charge in [-0.25, -0.2) is 13.2 Å². The molecule has 0 aliphatic rings. The third kappa shape index (κ3) is 4.59. The molecule has 3 amide bonds. The molecule has 1 atom stereocenters. The van der Waals surface area contributed by atoms with Gasteiger partial charge in [-0.1, -0.05) is 0 Å². The van der Waals surface area contributed by atoms with Crippen molar-refractivity contribution in [1.29, 1.82) is 0 Å². The molecule has 0 aliphatic carbocycles. The number of sulfone groups is 1. The molecule has 7 nitrogen and oxygen atoms in total. The number of benzene rings is 1. The molecule has 1 aromatic rings. The van der Waals surface area contributed by atoms with Crippen LogP contribution >= 0.6 is 0 Å². The van der Waals surface area contributed by atoms with E-state index in [-0.39, 0.29) is 4.90 Å². The van der Waals surface area contributed by atoms with Gasteiger partial charge in [0.15, 0.2) is 15.9 Å². The van der Waals surface area contributed by atoms with Crippen LogP contribution in [0.2, 0.25) is 0 Å². The molecule has 0 spiro atoms. The molecule has 0 heterocycles. The molecule has 0 saturated carbocycles. The van der Waals surface area contributed by atoms with Crippen molar-refractivity contribution >= 4 is 21.8 Å². The number of hydrogen-bond acceptors (Lipinski definition) is 5. The number of amides is 3. The average molecular weight is 286 g/mol. The second-order valence-corrected chi connectivity index (χ2v) is 5.87. The van der Waals surface area contributed by atoms with Crippen LogP contribution in [-0.2, 0) is 14.6 Å². The number of nitrogens with one attached hydrogen (secondary N) is 1. The lowest BCUT2D eigenvalue weighted by molar-refractivity contribution is -0.126. The van der Waals surface area contributed by atoms with E-state index < -0.39 is 27.9 Å². The van der Waals surface area contributed by atoms with E-state index >= 15 is 0 Å². The smallest absolute Gasteiger partial charge is 0.318 e. The first-order chi connectivity index (χ1) is 8.70. The molecule has 104 valence electrons. The molecule has 1 aromatic carbocycles. The van der Waals surface area contributed by atoms with Gasteiger partial charge in [-0.3, -0.25) is 10.1 Å². The Bertz CT molecular complexity index is 580. The van der Waals surface area contributed by atoms with Crippen molar-refractivity contribution in [3.8, 4) is 5.75 Å². The van der Waals surface area contributed by atoms with Gasteiger partial charge in [0, 0.05) is 6.26 Å². The summed E-state index contributed by atoms with van der Waals surface area (Å²) in [6.45, 7) is 1.43. The Morgan fingerprint density at radius 1 is 1.26 bits per heavy atom. The van der Waals surface area contributed by atoms with Crippen LogP contribution in [0.25, 0.3) is 0 Å². The number of nitrogens with two attached hydrogens (primary N) is 1. The molecule has 0 saturated heterocycles. The highest BCUT2D eigenvalue weighted by atomic mass is 32.2. The van der Waals surface area contributed by atoms with Crippen molar-refractivity contribution in [2.45, 2.75) is 17.9 Å². The lowest BCUT2D eigenvalue weighted by Crippen LogP contribution is -2.42. The van der Waals surface area contributed by atoms with Crippen molar-refractivity contribution in [3.05, 3.63) is 24.3 Å². The third-order valence-corrected chi connectivity index (χ3v) is 3.31. The van der Waals surface area contributed by atoms with Crippen LogP contribution < -0.4 is 15.8 Å². The number of ether oxygens (including phenoxy) is 1. The minimum absolute atomic E-state index is 0.147. The lowest BCUT2D eigenvalue weighted by Gasteiger charge is -2.13. The van der Waals surface area contributed by atoms with Crippen molar-refractivity contribution in [3.63, 3.8) is 0 Å².